The minimum Gasteiger partial charge on any atom is -0.478 e. The first-order chi connectivity index (χ1) is 16.4. The number of ether oxygens (including phenoxy) is 1. The minimum absolute atomic E-state index is 0.146. The van der Waals surface area contributed by atoms with Gasteiger partial charge in [0, 0.05) is 17.8 Å². The molecule has 7 nitrogen and oxygen atoms in total. The zero-order valence-corrected chi connectivity index (χ0v) is 18.7. The number of aryl methyl sites for hydroxylation is 1. The van der Waals surface area contributed by atoms with Crippen LogP contribution in [0.3, 0.4) is 0 Å². The Bertz CT molecular complexity index is 1580. The van der Waals surface area contributed by atoms with Gasteiger partial charge in [0.25, 0.3) is 6.01 Å². The van der Waals surface area contributed by atoms with Gasteiger partial charge >= 0.3 is 5.97 Å². The predicted molar refractivity (Wildman–Crippen MR) is 131 cm³/mol. The van der Waals surface area contributed by atoms with Crippen LogP contribution in [-0.2, 0) is 0 Å². The molecule has 3 N–H and O–H groups in total. The summed E-state index contributed by atoms with van der Waals surface area (Å²) in [7, 11) is 0. The number of imidazole rings is 1. The summed E-state index contributed by atoms with van der Waals surface area (Å²) in [6.45, 7) is 1.73. The highest BCUT2D eigenvalue weighted by Gasteiger charge is 2.13. The number of pyridine rings is 1. The summed E-state index contributed by atoms with van der Waals surface area (Å²) in [6.07, 6.45) is 1.68. The van der Waals surface area contributed by atoms with Gasteiger partial charge in [0.2, 0.25) is 5.56 Å². The van der Waals surface area contributed by atoms with E-state index in [9.17, 15) is 14.7 Å². The Kier molecular flexibility index (Phi) is 5.39. The maximum Gasteiger partial charge on any atom is 0.336 e. The van der Waals surface area contributed by atoms with Crippen molar-refractivity contribution in [2.75, 3.05) is 0 Å². The van der Waals surface area contributed by atoms with E-state index in [1.165, 1.54) is 12.1 Å². The van der Waals surface area contributed by atoms with Gasteiger partial charge in [-0.2, -0.15) is 4.98 Å². The van der Waals surface area contributed by atoms with E-state index in [0.29, 0.717) is 27.4 Å². The molecular weight excluding hydrogens is 454 g/mol. The fraction of sp³-hybridized carbons (Fsp3) is 0.0385. The molecule has 0 amide bonds. The molecular formula is C26H18ClN3O4. The predicted octanol–water partition coefficient (Wildman–Crippen LogP) is 6.04. The number of carbonyl (C=O) groups is 1. The van der Waals surface area contributed by atoms with Crippen molar-refractivity contribution in [3.63, 3.8) is 0 Å². The van der Waals surface area contributed by atoms with Crippen LogP contribution in [-0.4, -0.2) is 26.0 Å². The number of rotatable bonds is 5. The molecule has 0 radical (unpaired) electrons. The summed E-state index contributed by atoms with van der Waals surface area (Å²) in [5.41, 5.74) is 5.61. The number of nitrogens with one attached hydrogen (secondary N) is 2. The fourth-order valence-corrected chi connectivity index (χ4v) is 3.99. The number of aromatic carboxylic acids is 1. The van der Waals surface area contributed by atoms with Crippen LogP contribution in [0.1, 0.15) is 15.9 Å². The van der Waals surface area contributed by atoms with Gasteiger partial charge in [0.1, 0.15) is 5.75 Å². The van der Waals surface area contributed by atoms with Crippen molar-refractivity contribution >= 4 is 28.6 Å². The number of halogens is 1. The quantitative estimate of drug-likeness (QED) is 0.289. The van der Waals surface area contributed by atoms with Crippen LogP contribution in [0, 0.1) is 6.92 Å². The average Bonchev–Trinajstić information content (AvgIpc) is 3.21. The number of aromatic amines is 2. The Labute approximate surface area is 198 Å². The molecule has 34 heavy (non-hydrogen) atoms. The van der Waals surface area contributed by atoms with E-state index in [1.807, 2.05) is 30.3 Å². The van der Waals surface area contributed by atoms with Gasteiger partial charge < -0.3 is 19.8 Å². The van der Waals surface area contributed by atoms with Crippen LogP contribution in [0.15, 0.2) is 77.7 Å². The standard InChI is InChI=1S/C26H18ClN3O4/c1-14-2-8-18(10-19(14)25(32)33)34-26-29-22-11-20(21(27)12-23(22)30-26)16-5-3-15(4-6-16)17-7-9-24(31)28-13-17/h2-13H,1H3,(H,28,31)(H,29,30)(H,32,33). The molecule has 0 spiro atoms. The average molecular weight is 472 g/mol. The van der Waals surface area contributed by atoms with Crippen LogP contribution < -0.4 is 10.3 Å². The first kappa shape index (κ1) is 21.5. The van der Waals surface area contributed by atoms with Crippen molar-refractivity contribution in [3.8, 4) is 34.0 Å². The van der Waals surface area contributed by atoms with Gasteiger partial charge in [0.05, 0.1) is 21.6 Å². The van der Waals surface area contributed by atoms with Gasteiger partial charge in [-0.15, -0.1) is 0 Å². The number of aromatic nitrogens is 3. The van der Waals surface area contributed by atoms with Gasteiger partial charge in [-0.05, 0) is 59.5 Å². The zero-order chi connectivity index (χ0) is 23.8. The SMILES string of the molecule is Cc1ccc(Oc2nc3cc(-c4ccc(-c5ccc(=O)[nH]c5)cc4)c(Cl)cc3[nH]2)cc1C(=O)O. The maximum atomic E-state index is 11.4. The van der Waals surface area contributed by atoms with Crippen molar-refractivity contribution in [1.29, 1.82) is 0 Å². The lowest BCUT2D eigenvalue weighted by Gasteiger charge is -2.07. The molecule has 0 unspecified atom stereocenters. The lowest BCUT2D eigenvalue weighted by atomic mass is 10.0. The molecule has 0 aliphatic carbocycles. The summed E-state index contributed by atoms with van der Waals surface area (Å²) < 4.78 is 5.77. The van der Waals surface area contributed by atoms with Crippen molar-refractivity contribution in [2.45, 2.75) is 6.92 Å². The van der Waals surface area contributed by atoms with Crippen LogP contribution in [0.4, 0.5) is 0 Å². The zero-order valence-electron chi connectivity index (χ0n) is 17.9. The molecule has 5 aromatic rings. The molecule has 2 aromatic heterocycles. The summed E-state index contributed by atoms with van der Waals surface area (Å²) in [5.74, 6) is -0.651. The molecule has 0 fully saturated rings. The number of H-pyrrole nitrogens is 2. The third-order valence-corrected chi connectivity index (χ3v) is 5.83. The van der Waals surface area contributed by atoms with E-state index >= 15 is 0 Å². The molecule has 168 valence electrons. The molecule has 0 aliphatic heterocycles. The number of carboxylic acid groups (broad SMARTS) is 1. The Hall–Kier alpha value is -4.36. The summed E-state index contributed by atoms with van der Waals surface area (Å²) >= 11 is 6.56. The lowest BCUT2D eigenvalue weighted by molar-refractivity contribution is 0.0695. The topological polar surface area (TPSA) is 108 Å². The first-order valence-electron chi connectivity index (χ1n) is 10.4. The number of hydrogen-bond acceptors (Lipinski definition) is 4. The highest BCUT2D eigenvalue weighted by molar-refractivity contribution is 6.34. The second-order valence-electron chi connectivity index (χ2n) is 7.79. The van der Waals surface area contributed by atoms with Crippen molar-refractivity contribution in [3.05, 3.63) is 99.4 Å². The van der Waals surface area contributed by atoms with E-state index in [4.69, 9.17) is 16.3 Å². The first-order valence-corrected chi connectivity index (χ1v) is 10.8. The van der Waals surface area contributed by atoms with Crippen LogP contribution in [0.2, 0.25) is 5.02 Å². The second kappa shape index (κ2) is 8.53. The fourth-order valence-electron chi connectivity index (χ4n) is 3.72. The summed E-state index contributed by atoms with van der Waals surface area (Å²) in [4.78, 5) is 32.9. The molecule has 2 heterocycles. The summed E-state index contributed by atoms with van der Waals surface area (Å²) in [6, 6.07) is 19.8. The van der Waals surface area contributed by atoms with Gasteiger partial charge in [0.15, 0.2) is 0 Å². The van der Waals surface area contributed by atoms with Crippen LogP contribution >= 0.6 is 11.6 Å². The van der Waals surface area contributed by atoms with E-state index in [-0.39, 0.29) is 17.1 Å². The van der Waals surface area contributed by atoms with Crippen LogP contribution in [0.25, 0.3) is 33.3 Å². The Morgan fingerprint density at radius 3 is 2.41 bits per heavy atom. The van der Waals surface area contributed by atoms with Gasteiger partial charge in [-0.3, -0.25) is 4.79 Å². The number of hydrogen-bond donors (Lipinski definition) is 3. The van der Waals surface area contributed by atoms with Gasteiger partial charge in [-0.25, -0.2) is 4.79 Å². The van der Waals surface area contributed by atoms with E-state index < -0.39 is 5.97 Å². The number of benzene rings is 3. The Balaban J connectivity index is 1.44. The minimum atomic E-state index is -1.02. The molecule has 0 saturated carbocycles. The van der Waals surface area contributed by atoms with E-state index in [2.05, 4.69) is 15.0 Å². The van der Waals surface area contributed by atoms with Crippen molar-refractivity contribution in [2.24, 2.45) is 0 Å². The van der Waals surface area contributed by atoms with Crippen LogP contribution in [0.5, 0.6) is 11.8 Å². The Morgan fingerprint density at radius 1 is 0.971 bits per heavy atom. The van der Waals surface area contributed by atoms with Gasteiger partial charge in [-0.1, -0.05) is 41.9 Å². The monoisotopic (exact) mass is 471 g/mol. The Morgan fingerprint density at radius 2 is 1.71 bits per heavy atom. The van der Waals surface area contributed by atoms with E-state index in [1.54, 1.807) is 37.4 Å². The molecule has 3 aromatic carbocycles. The van der Waals surface area contributed by atoms with Crippen molar-refractivity contribution in [1.82, 2.24) is 15.0 Å². The van der Waals surface area contributed by atoms with Crippen molar-refractivity contribution < 1.29 is 14.6 Å². The molecule has 8 heteroatoms. The lowest BCUT2D eigenvalue weighted by Crippen LogP contribution is -2.01. The molecule has 5 rings (SSSR count). The second-order valence-corrected chi connectivity index (χ2v) is 8.20. The third-order valence-electron chi connectivity index (χ3n) is 5.52. The van der Waals surface area contributed by atoms with E-state index in [0.717, 1.165) is 22.3 Å². The smallest absolute Gasteiger partial charge is 0.336 e. The normalized spacial score (nSPS) is 11.0. The molecule has 0 aliphatic rings. The number of fused-ring (bicyclic) bond motifs is 1. The number of carboxylic acids is 1. The maximum absolute atomic E-state index is 11.4. The largest absolute Gasteiger partial charge is 0.478 e. The summed E-state index contributed by atoms with van der Waals surface area (Å²) in [5, 5.41) is 9.87. The highest BCUT2D eigenvalue weighted by Crippen LogP contribution is 2.34. The third kappa shape index (κ3) is 4.16. The molecule has 0 saturated heterocycles. The molecule has 0 atom stereocenters. The highest BCUT2D eigenvalue weighted by atomic mass is 35.5. The number of nitrogens with zero attached hydrogens (tertiary/aromatic N) is 1. The molecule has 0 bridgehead atoms.